The molecule has 0 bridgehead atoms. The van der Waals surface area contributed by atoms with Crippen molar-refractivity contribution in [1.82, 2.24) is 10.6 Å². The van der Waals surface area contributed by atoms with Crippen molar-refractivity contribution < 1.29 is 9.59 Å². The van der Waals surface area contributed by atoms with E-state index >= 15 is 0 Å². The number of aryl methyl sites for hydroxylation is 2. The zero-order valence-electron chi connectivity index (χ0n) is 15.0. The molecule has 2 amide bonds. The van der Waals surface area contributed by atoms with Gasteiger partial charge in [-0.3, -0.25) is 9.59 Å². The molecule has 144 valence electrons. The van der Waals surface area contributed by atoms with E-state index in [0.717, 1.165) is 25.9 Å². The lowest BCUT2D eigenvalue weighted by atomic mass is 9.90. The molecule has 4 rings (SSSR count). The Balaban J connectivity index is 0.00000210. The maximum atomic E-state index is 12.6. The number of rotatable bonds is 5. The van der Waals surface area contributed by atoms with Crippen molar-refractivity contribution in [2.75, 3.05) is 25.0 Å². The van der Waals surface area contributed by atoms with E-state index in [4.69, 9.17) is 0 Å². The van der Waals surface area contributed by atoms with E-state index in [1.165, 1.54) is 35.3 Å². The van der Waals surface area contributed by atoms with Crippen molar-refractivity contribution in [3.8, 4) is 0 Å². The minimum atomic E-state index is -0.155. The van der Waals surface area contributed by atoms with E-state index in [1.54, 1.807) is 6.07 Å². The summed E-state index contributed by atoms with van der Waals surface area (Å²) in [4.78, 5) is 25.1. The first kappa shape index (κ1) is 19.9. The number of carbonyl (C=O) groups excluding carboxylic acids is 2. The molecule has 1 fully saturated rings. The van der Waals surface area contributed by atoms with Crippen molar-refractivity contribution in [2.45, 2.75) is 25.7 Å². The monoisotopic (exact) mass is 405 g/mol. The molecule has 3 N–H and O–H groups in total. The van der Waals surface area contributed by atoms with Crippen LogP contribution in [0.25, 0.3) is 0 Å². The summed E-state index contributed by atoms with van der Waals surface area (Å²) >= 11 is 1.38. The van der Waals surface area contributed by atoms with Crippen LogP contribution in [0.1, 0.15) is 44.7 Å². The van der Waals surface area contributed by atoms with Gasteiger partial charge < -0.3 is 16.0 Å². The minimum absolute atomic E-state index is 0. The first-order valence-corrected chi connectivity index (χ1v) is 10.1. The van der Waals surface area contributed by atoms with Crippen LogP contribution >= 0.6 is 23.7 Å². The van der Waals surface area contributed by atoms with Crippen LogP contribution < -0.4 is 16.0 Å². The number of thiophene rings is 1. The van der Waals surface area contributed by atoms with Gasteiger partial charge in [-0.2, -0.15) is 0 Å². The van der Waals surface area contributed by atoms with Crippen LogP contribution in [-0.4, -0.2) is 31.4 Å². The van der Waals surface area contributed by atoms with Gasteiger partial charge in [0.1, 0.15) is 5.00 Å². The molecule has 0 unspecified atom stereocenters. The topological polar surface area (TPSA) is 70.2 Å². The standard InChI is InChI=1S/C20H23N3O2S.ClH/c24-18(16-6-5-14-3-1-2-4-15(14)9-16)23-20-17(7-8-26-20)19(25)22-12-13-10-21-11-13;/h5-9,13,21H,1-4,10-12H2,(H,22,25)(H,23,24);1H. The van der Waals surface area contributed by atoms with Gasteiger partial charge >= 0.3 is 0 Å². The Morgan fingerprint density at radius 1 is 1.07 bits per heavy atom. The summed E-state index contributed by atoms with van der Waals surface area (Å²) in [5.41, 5.74) is 3.83. The fourth-order valence-electron chi connectivity index (χ4n) is 3.46. The molecule has 7 heteroatoms. The van der Waals surface area contributed by atoms with Gasteiger partial charge in [0.05, 0.1) is 5.56 Å². The van der Waals surface area contributed by atoms with E-state index in [0.29, 0.717) is 28.6 Å². The third-order valence-electron chi connectivity index (χ3n) is 5.16. The molecule has 2 aliphatic rings. The van der Waals surface area contributed by atoms with E-state index in [-0.39, 0.29) is 24.2 Å². The van der Waals surface area contributed by atoms with Crippen LogP contribution in [-0.2, 0) is 12.8 Å². The fourth-order valence-corrected chi connectivity index (χ4v) is 4.24. The average molecular weight is 406 g/mol. The summed E-state index contributed by atoms with van der Waals surface area (Å²) in [7, 11) is 0. The van der Waals surface area contributed by atoms with Crippen molar-refractivity contribution in [2.24, 2.45) is 5.92 Å². The molecular weight excluding hydrogens is 382 g/mol. The molecule has 0 atom stereocenters. The second-order valence-corrected chi connectivity index (χ2v) is 7.96. The molecule has 5 nitrogen and oxygen atoms in total. The van der Waals surface area contributed by atoms with E-state index in [9.17, 15) is 9.59 Å². The average Bonchev–Trinajstić information content (AvgIpc) is 3.08. The van der Waals surface area contributed by atoms with Crippen LogP contribution in [0, 0.1) is 5.92 Å². The lowest BCUT2D eigenvalue weighted by molar-refractivity contribution is 0.0943. The molecule has 0 saturated carbocycles. The number of halogens is 1. The summed E-state index contributed by atoms with van der Waals surface area (Å²) in [6.45, 7) is 2.57. The Labute approximate surface area is 169 Å². The maximum absolute atomic E-state index is 12.6. The van der Waals surface area contributed by atoms with Crippen molar-refractivity contribution >= 4 is 40.6 Å². The first-order chi connectivity index (χ1) is 12.7. The Morgan fingerprint density at radius 3 is 2.59 bits per heavy atom. The van der Waals surface area contributed by atoms with Crippen LogP contribution in [0.15, 0.2) is 29.6 Å². The Kier molecular flexibility index (Phi) is 6.52. The molecule has 2 aromatic rings. The van der Waals surface area contributed by atoms with Crippen molar-refractivity contribution in [3.05, 3.63) is 51.9 Å². The number of anilines is 1. The number of hydrogen-bond donors (Lipinski definition) is 3. The number of fused-ring (bicyclic) bond motifs is 1. The molecule has 1 saturated heterocycles. The van der Waals surface area contributed by atoms with E-state index in [1.807, 2.05) is 17.5 Å². The van der Waals surface area contributed by atoms with Gasteiger partial charge in [0.2, 0.25) is 0 Å². The van der Waals surface area contributed by atoms with Gasteiger partial charge in [0, 0.05) is 31.1 Å². The number of carbonyl (C=O) groups is 2. The Morgan fingerprint density at radius 2 is 1.85 bits per heavy atom. The zero-order chi connectivity index (χ0) is 17.9. The number of nitrogens with one attached hydrogen (secondary N) is 3. The maximum Gasteiger partial charge on any atom is 0.256 e. The summed E-state index contributed by atoms with van der Waals surface area (Å²) in [5.74, 6) is 0.225. The molecular formula is C20H24ClN3O2S. The predicted octanol–water partition coefficient (Wildman–Crippen LogP) is 3.25. The normalized spacial score (nSPS) is 15.9. The first-order valence-electron chi connectivity index (χ1n) is 9.20. The summed E-state index contributed by atoms with van der Waals surface area (Å²) in [6.07, 6.45) is 4.55. The van der Waals surface area contributed by atoms with Gasteiger partial charge in [-0.15, -0.1) is 23.7 Å². The second-order valence-electron chi connectivity index (χ2n) is 7.04. The lowest BCUT2D eigenvalue weighted by Gasteiger charge is -2.27. The third-order valence-corrected chi connectivity index (χ3v) is 5.99. The van der Waals surface area contributed by atoms with Crippen molar-refractivity contribution in [1.29, 1.82) is 0 Å². The van der Waals surface area contributed by atoms with Gasteiger partial charge in [-0.05, 0) is 60.4 Å². The smallest absolute Gasteiger partial charge is 0.256 e. The highest BCUT2D eigenvalue weighted by Crippen LogP contribution is 2.26. The van der Waals surface area contributed by atoms with Gasteiger partial charge in [-0.1, -0.05) is 6.07 Å². The van der Waals surface area contributed by atoms with E-state index in [2.05, 4.69) is 22.0 Å². The van der Waals surface area contributed by atoms with Crippen LogP contribution in [0.2, 0.25) is 0 Å². The van der Waals surface area contributed by atoms with Crippen LogP contribution in [0.3, 0.4) is 0 Å². The number of hydrogen-bond acceptors (Lipinski definition) is 4. The predicted molar refractivity (Wildman–Crippen MR) is 111 cm³/mol. The Bertz CT molecular complexity index is 832. The Hall–Kier alpha value is -1.89. The van der Waals surface area contributed by atoms with Gasteiger partial charge in [-0.25, -0.2) is 0 Å². The summed E-state index contributed by atoms with van der Waals surface area (Å²) < 4.78 is 0. The summed E-state index contributed by atoms with van der Waals surface area (Å²) in [6, 6.07) is 7.72. The molecule has 0 radical (unpaired) electrons. The summed E-state index contributed by atoms with van der Waals surface area (Å²) in [5, 5.41) is 11.5. The lowest BCUT2D eigenvalue weighted by Crippen LogP contribution is -2.48. The second kappa shape index (κ2) is 8.87. The molecule has 1 aromatic carbocycles. The molecule has 1 aromatic heterocycles. The van der Waals surface area contributed by atoms with E-state index < -0.39 is 0 Å². The zero-order valence-corrected chi connectivity index (χ0v) is 16.7. The molecule has 0 spiro atoms. The quantitative estimate of drug-likeness (QED) is 0.715. The molecule has 1 aliphatic heterocycles. The third kappa shape index (κ3) is 4.51. The minimum Gasteiger partial charge on any atom is -0.352 e. The fraction of sp³-hybridized carbons (Fsp3) is 0.400. The molecule has 1 aliphatic carbocycles. The molecule has 2 heterocycles. The highest BCUT2D eigenvalue weighted by atomic mass is 35.5. The largest absolute Gasteiger partial charge is 0.352 e. The van der Waals surface area contributed by atoms with Crippen LogP contribution in [0.5, 0.6) is 0 Å². The highest BCUT2D eigenvalue weighted by Gasteiger charge is 2.20. The SMILES string of the molecule is Cl.O=C(Nc1sccc1C(=O)NCC1CNC1)c1ccc2c(c1)CCCC2. The highest BCUT2D eigenvalue weighted by molar-refractivity contribution is 7.14. The van der Waals surface area contributed by atoms with Crippen molar-refractivity contribution in [3.63, 3.8) is 0 Å². The molecule has 27 heavy (non-hydrogen) atoms. The number of amides is 2. The van der Waals surface area contributed by atoms with Crippen LogP contribution in [0.4, 0.5) is 5.00 Å². The van der Waals surface area contributed by atoms with Gasteiger partial charge in [0.15, 0.2) is 0 Å². The van der Waals surface area contributed by atoms with Gasteiger partial charge in [0.25, 0.3) is 11.8 Å². The number of benzene rings is 1.